The first kappa shape index (κ1) is 19.6. The first-order valence-corrected chi connectivity index (χ1v) is 9.77. The highest BCUT2D eigenvalue weighted by Gasteiger charge is 2.62. The van der Waals surface area contributed by atoms with E-state index in [-0.39, 0.29) is 19.0 Å². The number of aryl methyl sites for hydroxylation is 1. The predicted octanol–water partition coefficient (Wildman–Crippen LogP) is 3.00. The summed E-state index contributed by atoms with van der Waals surface area (Å²) in [6.45, 7) is 5.54. The van der Waals surface area contributed by atoms with Gasteiger partial charge in [-0.3, -0.25) is 5.43 Å². The van der Waals surface area contributed by atoms with E-state index in [1.54, 1.807) is 26.0 Å². The topological polar surface area (TPSA) is 94.8 Å². The number of nitrogens with one attached hydrogen (secondary N) is 1. The number of carbonyl (C=O) groups excluding carboxylic acids is 2. The number of rotatable bonds is 5. The van der Waals surface area contributed by atoms with Gasteiger partial charge in [0.2, 0.25) is 0 Å². The minimum absolute atomic E-state index is 0.0940. The minimum Gasteiger partial charge on any atom is -0.464 e. The quantitative estimate of drug-likeness (QED) is 0.517. The number of aromatic nitrogens is 2. The summed E-state index contributed by atoms with van der Waals surface area (Å²) in [7, 11) is 0. The second kappa shape index (κ2) is 7.62. The summed E-state index contributed by atoms with van der Waals surface area (Å²) in [5.74, 6) is -1.42. The molecule has 4 rings (SSSR count). The van der Waals surface area contributed by atoms with E-state index in [1.807, 2.05) is 43.3 Å². The Labute approximate surface area is 173 Å². The number of hydrogen-bond donors (Lipinski definition) is 1. The van der Waals surface area contributed by atoms with Gasteiger partial charge in [0.15, 0.2) is 5.84 Å². The molecule has 154 valence electrons. The second-order valence-corrected chi connectivity index (χ2v) is 6.88. The van der Waals surface area contributed by atoms with Crippen molar-refractivity contribution in [2.45, 2.75) is 26.2 Å². The fourth-order valence-electron chi connectivity index (χ4n) is 3.58. The summed E-state index contributed by atoms with van der Waals surface area (Å²) in [4.78, 5) is 32.7. The van der Waals surface area contributed by atoms with Gasteiger partial charge < -0.3 is 9.47 Å². The van der Waals surface area contributed by atoms with Gasteiger partial charge in [0.1, 0.15) is 5.69 Å². The average Bonchev–Trinajstić information content (AvgIpc) is 3.24. The van der Waals surface area contributed by atoms with E-state index in [4.69, 9.17) is 9.47 Å². The number of aliphatic imine (C=N–C) groups is 1. The SMILES string of the molecule is CCOC(=O)C1(C(=O)OCC)C(=Nc2ccc(C)cc2)Nn2nc3ccccc3c21. The molecule has 2 heterocycles. The molecule has 0 atom stereocenters. The highest BCUT2D eigenvalue weighted by Crippen LogP contribution is 2.39. The summed E-state index contributed by atoms with van der Waals surface area (Å²) in [5.41, 5.74) is 3.72. The van der Waals surface area contributed by atoms with E-state index >= 15 is 0 Å². The number of fused-ring (bicyclic) bond motifs is 3. The zero-order valence-corrected chi connectivity index (χ0v) is 17.0. The first-order valence-electron chi connectivity index (χ1n) is 9.77. The van der Waals surface area contributed by atoms with Crippen LogP contribution >= 0.6 is 0 Å². The molecule has 1 aromatic heterocycles. The number of benzene rings is 2. The molecular formula is C22H22N4O4. The maximum atomic E-state index is 13.4. The molecule has 0 radical (unpaired) electrons. The maximum Gasteiger partial charge on any atom is 0.337 e. The smallest absolute Gasteiger partial charge is 0.337 e. The van der Waals surface area contributed by atoms with Crippen LogP contribution in [0.4, 0.5) is 5.69 Å². The van der Waals surface area contributed by atoms with Crippen LogP contribution in [0.5, 0.6) is 0 Å². The van der Waals surface area contributed by atoms with Gasteiger partial charge in [0.05, 0.1) is 24.4 Å². The molecule has 0 amide bonds. The molecule has 0 spiro atoms. The molecule has 0 bridgehead atoms. The fourth-order valence-corrected chi connectivity index (χ4v) is 3.58. The van der Waals surface area contributed by atoms with Crippen molar-refractivity contribution in [3.05, 3.63) is 59.8 Å². The lowest BCUT2D eigenvalue weighted by Gasteiger charge is -2.24. The van der Waals surface area contributed by atoms with E-state index in [9.17, 15) is 9.59 Å². The molecule has 2 aromatic carbocycles. The average molecular weight is 406 g/mol. The lowest BCUT2D eigenvalue weighted by Crippen LogP contribution is -2.51. The lowest BCUT2D eigenvalue weighted by atomic mass is 9.82. The molecule has 3 aromatic rings. The molecule has 30 heavy (non-hydrogen) atoms. The van der Waals surface area contributed by atoms with Crippen molar-refractivity contribution >= 4 is 34.4 Å². The van der Waals surface area contributed by atoms with Crippen LogP contribution in [0, 0.1) is 6.92 Å². The Hall–Kier alpha value is -3.68. The van der Waals surface area contributed by atoms with Crippen LogP contribution in [0.2, 0.25) is 0 Å². The van der Waals surface area contributed by atoms with E-state index in [1.165, 1.54) is 4.79 Å². The van der Waals surface area contributed by atoms with Crippen LogP contribution in [-0.2, 0) is 24.5 Å². The van der Waals surface area contributed by atoms with E-state index in [0.717, 1.165) is 5.56 Å². The summed E-state index contributed by atoms with van der Waals surface area (Å²) < 4.78 is 10.7. The number of ether oxygens (including phenoxy) is 2. The Morgan fingerprint density at radius 3 is 2.30 bits per heavy atom. The molecule has 0 unspecified atom stereocenters. The van der Waals surface area contributed by atoms with Crippen LogP contribution in [0.3, 0.4) is 0 Å². The molecule has 1 aliphatic heterocycles. The van der Waals surface area contributed by atoms with E-state index < -0.39 is 17.4 Å². The molecule has 1 N–H and O–H groups in total. The Balaban J connectivity index is 2.01. The number of hydrogen-bond acceptors (Lipinski definition) is 6. The molecule has 1 aliphatic rings. The van der Waals surface area contributed by atoms with Gasteiger partial charge in [-0.2, -0.15) is 9.89 Å². The van der Waals surface area contributed by atoms with Crippen molar-refractivity contribution in [2.75, 3.05) is 18.6 Å². The largest absolute Gasteiger partial charge is 0.464 e. The molecule has 0 saturated carbocycles. The normalized spacial score (nSPS) is 15.6. The number of nitrogens with zero attached hydrogens (tertiary/aromatic N) is 3. The molecule has 0 aliphatic carbocycles. The molecule has 0 fully saturated rings. The third-order valence-corrected chi connectivity index (χ3v) is 4.94. The minimum atomic E-state index is -1.91. The van der Waals surface area contributed by atoms with Crippen molar-refractivity contribution < 1.29 is 19.1 Å². The van der Waals surface area contributed by atoms with Crippen LogP contribution in [0.1, 0.15) is 25.1 Å². The summed E-state index contributed by atoms with van der Waals surface area (Å²) in [6, 6.07) is 14.7. The van der Waals surface area contributed by atoms with Crippen molar-refractivity contribution in [3.63, 3.8) is 0 Å². The number of esters is 2. The first-order chi connectivity index (χ1) is 14.5. The highest BCUT2D eigenvalue weighted by atomic mass is 16.6. The maximum absolute atomic E-state index is 13.4. The molecule has 8 heteroatoms. The fraction of sp³-hybridized carbons (Fsp3) is 0.273. The lowest BCUT2D eigenvalue weighted by molar-refractivity contribution is -0.160. The van der Waals surface area contributed by atoms with Crippen LogP contribution in [-0.4, -0.2) is 40.9 Å². The van der Waals surface area contributed by atoms with Gasteiger partial charge in [-0.05, 0) is 39.0 Å². The third kappa shape index (κ3) is 2.92. The Bertz CT molecular complexity index is 1130. The Morgan fingerprint density at radius 2 is 1.67 bits per heavy atom. The zero-order valence-electron chi connectivity index (χ0n) is 17.0. The summed E-state index contributed by atoms with van der Waals surface area (Å²) in [5, 5.41) is 5.13. The third-order valence-electron chi connectivity index (χ3n) is 4.94. The van der Waals surface area contributed by atoms with Crippen LogP contribution in [0.15, 0.2) is 53.5 Å². The van der Waals surface area contributed by atoms with Crippen LogP contribution < -0.4 is 5.43 Å². The Morgan fingerprint density at radius 1 is 1.03 bits per heavy atom. The van der Waals surface area contributed by atoms with Gasteiger partial charge in [0, 0.05) is 5.39 Å². The zero-order chi connectivity index (χ0) is 21.3. The Kier molecular flexibility index (Phi) is 4.99. The van der Waals surface area contributed by atoms with E-state index in [2.05, 4.69) is 15.5 Å². The van der Waals surface area contributed by atoms with Gasteiger partial charge >= 0.3 is 11.9 Å². The monoisotopic (exact) mass is 406 g/mol. The molecule has 0 saturated heterocycles. The van der Waals surface area contributed by atoms with E-state index in [0.29, 0.717) is 22.3 Å². The predicted molar refractivity (Wildman–Crippen MR) is 112 cm³/mol. The second-order valence-electron chi connectivity index (χ2n) is 6.88. The van der Waals surface area contributed by atoms with Gasteiger partial charge in [-0.1, -0.05) is 35.9 Å². The van der Waals surface area contributed by atoms with Crippen molar-refractivity contribution in [3.8, 4) is 0 Å². The van der Waals surface area contributed by atoms with Crippen LogP contribution in [0.25, 0.3) is 10.9 Å². The van der Waals surface area contributed by atoms with Gasteiger partial charge in [-0.25, -0.2) is 14.6 Å². The van der Waals surface area contributed by atoms with Gasteiger partial charge in [-0.15, -0.1) is 0 Å². The highest BCUT2D eigenvalue weighted by molar-refractivity contribution is 6.32. The molecular weight excluding hydrogens is 384 g/mol. The van der Waals surface area contributed by atoms with Crippen molar-refractivity contribution in [1.82, 2.24) is 9.89 Å². The number of carbonyl (C=O) groups is 2. The summed E-state index contributed by atoms with van der Waals surface area (Å²) in [6.07, 6.45) is 0. The van der Waals surface area contributed by atoms with Gasteiger partial charge in [0.25, 0.3) is 5.41 Å². The molecule has 8 nitrogen and oxygen atoms in total. The van der Waals surface area contributed by atoms with Crippen molar-refractivity contribution in [2.24, 2.45) is 4.99 Å². The number of amidine groups is 1. The summed E-state index contributed by atoms with van der Waals surface area (Å²) >= 11 is 0. The van der Waals surface area contributed by atoms with Crippen molar-refractivity contribution in [1.29, 1.82) is 0 Å². The standard InChI is InChI=1S/C22H22N4O4/c1-4-29-20(27)22(21(28)30-5-2)18-16-8-6-7-9-17(16)24-26(18)25-19(22)23-15-12-10-14(3)11-13-15/h6-13H,4-5H2,1-3H3,(H,23,25).